The van der Waals surface area contributed by atoms with Crippen LogP contribution in [0.5, 0.6) is 0 Å². The molecule has 0 bridgehead atoms. The lowest BCUT2D eigenvalue weighted by molar-refractivity contribution is -0.154. The molecule has 10 nitrogen and oxygen atoms in total. The number of hydrogen-bond donors (Lipinski definition) is 4. The van der Waals surface area contributed by atoms with Gasteiger partial charge in [-0.05, 0) is 38.6 Å². The molecule has 0 aromatic carbocycles. The van der Waals surface area contributed by atoms with Crippen molar-refractivity contribution < 1.29 is 34.2 Å². The summed E-state index contributed by atoms with van der Waals surface area (Å²) in [5.74, 6) is -4.55. The molecule has 0 heterocycles. The van der Waals surface area contributed by atoms with E-state index in [9.17, 15) is 29.1 Å². The van der Waals surface area contributed by atoms with Crippen molar-refractivity contribution in [1.82, 2.24) is 10.2 Å². The lowest BCUT2D eigenvalue weighted by atomic mass is 10.0. The van der Waals surface area contributed by atoms with Crippen LogP contribution in [0.1, 0.15) is 194 Å². The van der Waals surface area contributed by atoms with Gasteiger partial charge in [-0.2, -0.15) is 0 Å². The van der Waals surface area contributed by atoms with Crippen molar-refractivity contribution in [2.24, 2.45) is 5.73 Å². The normalized spacial score (nSPS) is 12.4. The van der Waals surface area contributed by atoms with E-state index in [2.05, 4.69) is 19.2 Å². The molecule has 3 amide bonds. The highest BCUT2D eigenvalue weighted by Crippen LogP contribution is 2.19. The summed E-state index contributed by atoms with van der Waals surface area (Å²) in [6, 6.07) is -2.88. The van der Waals surface area contributed by atoms with E-state index in [-0.39, 0.29) is 19.3 Å². The van der Waals surface area contributed by atoms with Crippen molar-refractivity contribution >= 4 is 29.7 Å². The fourth-order valence-corrected chi connectivity index (χ4v) is 6.11. The van der Waals surface area contributed by atoms with E-state index >= 15 is 0 Å². The van der Waals surface area contributed by atoms with Crippen LogP contribution in [-0.4, -0.2) is 63.4 Å². The lowest BCUT2D eigenvalue weighted by Crippen LogP contribution is -2.55. The minimum absolute atomic E-state index is 0.124. The number of aliphatic carboxylic acids is 2. The minimum atomic E-state index is -1.67. The average Bonchev–Trinajstić information content (AvgIpc) is 3.05. The summed E-state index contributed by atoms with van der Waals surface area (Å²) >= 11 is 0. The van der Waals surface area contributed by atoms with Gasteiger partial charge in [0, 0.05) is 12.8 Å². The van der Waals surface area contributed by atoms with Crippen molar-refractivity contribution in [3.05, 3.63) is 0 Å². The Morgan fingerprint density at radius 1 is 0.562 bits per heavy atom. The molecule has 0 radical (unpaired) electrons. The first-order valence-electron chi connectivity index (χ1n) is 19.5. The molecule has 0 saturated carbocycles. The van der Waals surface area contributed by atoms with Gasteiger partial charge in [-0.1, -0.05) is 142 Å². The second-order valence-corrected chi connectivity index (χ2v) is 13.5. The van der Waals surface area contributed by atoms with Crippen molar-refractivity contribution in [2.45, 2.75) is 206 Å². The number of carbonyl (C=O) groups excluding carboxylic acids is 3. The monoisotopic (exact) mass is 682 g/mol. The first-order chi connectivity index (χ1) is 23.2. The fraction of sp³-hybridized carbons (Fsp3) is 0.868. The van der Waals surface area contributed by atoms with Gasteiger partial charge in [0.15, 0.2) is 0 Å². The Balaban J connectivity index is 5.30. The van der Waals surface area contributed by atoms with E-state index in [1.807, 2.05) is 0 Å². The topological polar surface area (TPSA) is 167 Å². The average molecular weight is 682 g/mol. The first-order valence-corrected chi connectivity index (χ1v) is 19.5. The largest absolute Gasteiger partial charge is 0.481 e. The van der Waals surface area contributed by atoms with Gasteiger partial charge in [0.1, 0.15) is 12.1 Å². The molecule has 2 atom stereocenters. The van der Waals surface area contributed by atoms with Gasteiger partial charge < -0.3 is 21.3 Å². The Labute approximate surface area is 291 Å². The van der Waals surface area contributed by atoms with Gasteiger partial charge in [0.05, 0.1) is 6.42 Å². The Morgan fingerprint density at radius 2 is 0.938 bits per heavy atom. The molecule has 2 unspecified atom stereocenters. The Kier molecular flexibility index (Phi) is 30.1. The molecule has 0 aromatic rings. The third-order valence-corrected chi connectivity index (χ3v) is 9.07. The second kappa shape index (κ2) is 31.8. The minimum Gasteiger partial charge on any atom is -0.481 e. The number of carbonyl (C=O) groups is 5. The molecule has 0 saturated heterocycles. The SMILES string of the molecule is CCCCCCCCCCCCCC(=O)N(C(=O)CCCCCCCCCCCCC)C(CCCCN)C(=O)NC(CC(=O)O)C(=O)O. The molecule has 0 spiro atoms. The molecule has 10 heteroatoms. The zero-order valence-corrected chi connectivity index (χ0v) is 30.6. The van der Waals surface area contributed by atoms with Crippen LogP contribution < -0.4 is 11.1 Å². The third-order valence-electron chi connectivity index (χ3n) is 9.07. The molecule has 0 aliphatic heterocycles. The van der Waals surface area contributed by atoms with Gasteiger partial charge in [-0.25, -0.2) is 4.79 Å². The highest BCUT2D eigenvalue weighted by Gasteiger charge is 2.36. The summed E-state index contributed by atoms with van der Waals surface area (Å²) in [5.41, 5.74) is 5.67. The van der Waals surface area contributed by atoms with E-state index in [1.165, 1.54) is 89.9 Å². The summed E-state index contributed by atoms with van der Waals surface area (Å²) in [6.45, 7) is 4.80. The van der Waals surface area contributed by atoms with Crippen molar-refractivity contribution in [3.63, 3.8) is 0 Å². The number of nitrogens with zero attached hydrogens (tertiary/aromatic N) is 1. The van der Waals surface area contributed by atoms with Gasteiger partial charge in [0.25, 0.3) is 0 Å². The molecular formula is C38H71N3O7. The summed E-state index contributed by atoms with van der Waals surface area (Å²) in [7, 11) is 0. The third kappa shape index (κ3) is 24.6. The molecule has 0 fully saturated rings. The molecule has 0 rings (SSSR count). The van der Waals surface area contributed by atoms with E-state index in [1.54, 1.807) is 0 Å². The Morgan fingerprint density at radius 3 is 1.27 bits per heavy atom. The van der Waals surface area contributed by atoms with E-state index in [0.29, 0.717) is 32.2 Å². The van der Waals surface area contributed by atoms with Gasteiger partial charge in [0.2, 0.25) is 17.7 Å². The van der Waals surface area contributed by atoms with Crippen LogP contribution in [0.25, 0.3) is 0 Å². The highest BCUT2D eigenvalue weighted by atomic mass is 16.4. The summed E-state index contributed by atoms with van der Waals surface area (Å²) in [5, 5.41) is 21.0. The maximum atomic E-state index is 13.6. The number of imide groups is 1. The summed E-state index contributed by atoms with van der Waals surface area (Å²) < 4.78 is 0. The molecule has 0 aliphatic carbocycles. The molecular weight excluding hydrogens is 610 g/mol. The van der Waals surface area contributed by atoms with E-state index in [4.69, 9.17) is 10.8 Å². The molecule has 0 aliphatic rings. The van der Waals surface area contributed by atoms with Crippen LogP contribution in [0.2, 0.25) is 0 Å². The van der Waals surface area contributed by atoms with E-state index in [0.717, 1.165) is 43.4 Å². The van der Waals surface area contributed by atoms with Crippen LogP contribution in [-0.2, 0) is 24.0 Å². The molecule has 280 valence electrons. The lowest BCUT2D eigenvalue weighted by Gasteiger charge is -2.30. The number of carboxylic acids is 2. The maximum absolute atomic E-state index is 13.6. The number of nitrogens with two attached hydrogens (primary N) is 1. The number of rotatable bonds is 34. The Bertz CT molecular complexity index is 829. The van der Waals surface area contributed by atoms with Crippen LogP contribution in [0.4, 0.5) is 0 Å². The van der Waals surface area contributed by atoms with Crippen molar-refractivity contribution in [1.29, 1.82) is 0 Å². The summed E-state index contributed by atoms with van der Waals surface area (Å²) in [6.07, 6.45) is 25.3. The van der Waals surface area contributed by atoms with Crippen LogP contribution in [0, 0.1) is 0 Å². The maximum Gasteiger partial charge on any atom is 0.326 e. The van der Waals surface area contributed by atoms with Crippen molar-refractivity contribution in [2.75, 3.05) is 6.54 Å². The first kappa shape index (κ1) is 45.5. The fourth-order valence-electron chi connectivity index (χ4n) is 6.11. The summed E-state index contributed by atoms with van der Waals surface area (Å²) in [4.78, 5) is 64.7. The number of nitrogens with one attached hydrogen (secondary N) is 1. The number of hydrogen-bond acceptors (Lipinski definition) is 6. The molecule has 48 heavy (non-hydrogen) atoms. The standard InChI is InChI=1S/C38H71N3O7/c1-3-5-7-9-11-13-15-17-19-21-23-28-34(42)41(35(43)29-24-22-20-18-16-14-12-10-8-6-4-2)33(27-25-26-30-39)37(46)40-32(38(47)48)31-36(44)45/h32-33H,3-31,39H2,1-2H3,(H,40,46)(H,44,45)(H,47,48). The van der Waals surface area contributed by atoms with Crippen LogP contribution >= 0.6 is 0 Å². The Hall–Kier alpha value is -2.49. The smallest absolute Gasteiger partial charge is 0.326 e. The van der Waals surface area contributed by atoms with Gasteiger partial charge in [-0.3, -0.25) is 24.1 Å². The molecule has 5 N–H and O–H groups in total. The zero-order valence-electron chi connectivity index (χ0n) is 30.6. The van der Waals surface area contributed by atoms with Crippen molar-refractivity contribution in [3.8, 4) is 0 Å². The van der Waals surface area contributed by atoms with Gasteiger partial charge in [-0.15, -0.1) is 0 Å². The second-order valence-electron chi connectivity index (χ2n) is 13.5. The molecule has 0 aromatic heterocycles. The van der Waals surface area contributed by atoms with Gasteiger partial charge >= 0.3 is 11.9 Å². The highest BCUT2D eigenvalue weighted by molar-refractivity contribution is 6.01. The number of amides is 3. The predicted octanol–water partition coefficient (Wildman–Crippen LogP) is 8.29. The van der Waals surface area contributed by atoms with Crippen LogP contribution in [0.3, 0.4) is 0 Å². The quantitative estimate of drug-likeness (QED) is 0.0492. The predicted molar refractivity (Wildman–Crippen MR) is 193 cm³/mol. The van der Waals surface area contributed by atoms with E-state index < -0.39 is 48.2 Å². The number of unbranched alkanes of at least 4 members (excludes halogenated alkanes) is 21. The number of carboxylic acid groups (broad SMARTS) is 2. The van der Waals surface area contributed by atoms with Crippen LogP contribution in [0.15, 0.2) is 0 Å². The zero-order chi connectivity index (χ0) is 35.8.